The van der Waals surface area contributed by atoms with Crippen molar-refractivity contribution in [2.75, 3.05) is 27.2 Å². The highest BCUT2D eigenvalue weighted by atomic mass is 16.5. The molecule has 0 spiro atoms. The number of rotatable bonds is 8. The van der Waals surface area contributed by atoms with Gasteiger partial charge in [-0.05, 0) is 62.8 Å². The maximum atomic E-state index is 13.2. The Balaban J connectivity index is 1.69. The predicted octanol–water partition coefficient (Wildman–Crippen LogP) is 4.87. The fraction of sp³-hybridized carbons (Fsp3) is 0.267. The van der Waals surface area contributed by atoms with Crippen LogP contribution in [-0.4, -0.2) is 53.8 Å². The van der Waals surface area contributed by atoms with Gasteiger partial charge in [0.25, 0.3) is 11.7 Å². The van der Waals surface area contributed by atoms with Crippen molar-refractivity contribution in [1.82, 2.24) is 9.80 Å². The highest BCUT2D eigenvalue weighted by Crippen LogP contribution is 2.39. The zero-order valence-electron chi connectivity index (χ0n) is 21.2. The molecule has 0 aliphatic carbocycles. The van der Waals surface area contributed by atoms with Crippen molar-refractivity contribution in [2.45, 2.75) is 26.5 Å². The van der Waals surface area contributed by atoms with Crippen LogP contribution >= 0.6 is 0 Å². The van der Waals surface area contributed by atoms with Gasteiger partial charge in [-0.15, -0.1) is 0 Å². The second-order valence-corrected chi connectivity index (χ2v) is 9.46. The molecule has 0 saturated carbocycles. The van der Waals surface area contributed by atoms with Gasteiger partial charge in [-0.1, -0.05) is 60.2 Å². The second-order valence-electron chi connectivity index (χ2n) is 9.46. The van der Waals surface area contributed by atoms with E-state index in [0.717, 1.165) is 22.3 Å². The molecule has 3 aromatic rings. The number of ether oxygens (including phenoxy) is 1. The standard InChI is InChI=1S/C30H32N2O4/c1-20-10-12-23(13-11-20)27-26(29(34)30(35)32(27)17-16-31(3)4)28(33)24-14-15-25(21(2)18-24)36-19-22-8-6-5-7-9-22/h5-15,18,27,33H,16-17,19H2,1-4H3/t27-/m0/s1. The van der Waals surface area contributed by atoms with Gasteiger partial charge < -0.3 is 19.6 Å². The van der Waals surface area contributed by atoms with Crippen LogP contribution < -0.4 is 4.74 Å². The summed E-state index contributed by atoms with van der Waals surface area (Å²) in [6.07, 6.45) is 0. The van der Waals surface area contributed by atoms with E-state index in [1.54, 1.807) is 23.1 Å². The Kier molecular flexibility index (Phi) is 7.55. The number of carbonyl (C=O) groups is 2. The van der Waals surface area contributed by atoms with E-state index < -0.39 is 17.7 Å². The molecule has 186 valence electrons. The van der Waals surface area contributed by atoms with Crippen LogP contribution in [0.3, 0.4) is 0 Å². The lowest BCUT2D eigenvalue weighted by Crippen LogP contribution is -2.35. The minimum absolute atomic E-state index is 0.111. The van der Waals surface area contributed by atoms with Gasteiger partial charge >= 0.3 is 0 Å². The molecule has 6 heteroatoms. The van der Waals surface area contributed by atoms with Crippen molar-refractivity contribution >= 4 is 17.4 Å². The van der Waals surface area contributed by atoms with Crippen molar-refractivity contribution in [3.8, 4) is 5.75 Å². The highest BCUT2D eigenvalue weighted by Gasteiger charge is 2.45. The fourth-order valence-electron chi connectivity index (χ4n) is 4.36. The minimum Gasteiger partial charge on any atom is -0.507 e. The number of aliphatic hydroxyl groups excluding tert-OH is 1. The van der Waals surface area contributed by atoms with Gasteiger partial charge in [0, 0.05) is 18.7 Å². The average molecular weight is 485 g/mol. The normalized spacial score (nSPS) is 17.1. The van der Waals surface area contributed by atoms with Crippen LogP contribution in [0.2, 0.25) is 0 Å². The first-order chi connectivity index (χ1) is 17.3. The monoisotopic (exact) mass is 484 g/mol. The lowest BCUT2D eigenvalue weighted by molar-refractivity contribution is -0.140. The quantitative estimate of drug-likeness (QED) is 0.281. The zero-order valence-corrected chi connectivity index (χ0v) is 21.2. The third-order valence-electron chi connectivity index (χ3n) is 6.41. The Labute approximate surface area is 212 Å². The van der Waals surface area contributed by atoms with Gasteiger partial charge in [-0.25, -0.2) is 0 Å². The van der Waals surface area contributed by atoms with Crippen LogP contribution in [0.5, 0.6) is 5.75 Å². The summed E-state index contributed by atoms with van der Waals surface area (Å²) in [5.74, 6) is -0.747. The smallest absolute Gasteiger partial charge is 0.295 e. The third kappa shape index (κ3) is 5.34. The molecular weight excluding hydrogens is 452 g/mol. The lowest BCUT2D eigenvalue weighted by atomic mass is 9.94. The first-order valence-corrected chi connectivity index (χ1v) is 12.0. The average Bonchev–Trinajstić information content (AvgIpc) is 3.12. The van der Waals surface area contributed by atoms with Gasteiger partial charge in [-0.2, -0.15) is 0 Å². The summed E-state index contributed by atoms with van der Waals surface area (Å²) in [5.41, 5.74) is 4.33. The van der Waals surface area contributed by atoms with Gasteiger partial charge in [0.05, 0.1) is 11.6 Å². The number of likely N-dealkylation sites (N-methyl/N-ethyl adjacent to an activating group) is 1. The maximum absolute atomic E-state index is 13.2. The number of hydrogen-bond acceptors (Lipinski definition) is 5. The van der Waals surface area contributed by atoms with E-state index in [-0.39, 0.29) is 11.3 Å². The van der Waals surface area contributed by atoms with Crippen LogP contribution in [-0.2, 0) is 16.2 Å². The Morgan fingerprint density at radius 3 is 2.31 bits per heavy atom. The second kappa shape index (κ2) is 10.8. The lowest BCUT2D eigenvalue weighted by Gasteiger charge is -2.26. The van der Waals surface area contributed by atoms with E-state index in [0.29, 0.717) is 31.0 Å². The first kappa shape index (κ1) is 25.2. The number of likely N-dealkylation sites (tertiary alicyclic amines) is 1. The molecule has 1 fully saturated rings. The van der Waals surface area contributed by atoms with E-state index in [4.69, 9.17) is 4.74 Å². The van der Waals surface area contributed by atoms with Crippen molar-refractivity contribution in [3.63, 3.8) is 0 Å². The van der Waals surface area contributed by atoms with Crippen LogP contribution in [0.4, 0.5) is 0 Å². The number of aliphatic hydroxyl groups is 1. The number of nitrogens with zero attached hydrogens (tertiary/aromatic N) is 2. The molecule has 1 amide bonds. The minimum atomic E-state index is -0.668. The molecule has 1 heterocycles. The summed E-state index contributed by atoms with van der Waals surface area (Å²) in [6, 6.07) is 22.2. The van der Waals surface area contributed by atoms with E-state index >= 15 is 0 Å². The Bertz CT molecular complexity index is 1280. The molecule has 0 bridgehead atoms. The number of amides is 1. The van der Waals surface area contributed by atoms with Crippen LogP contribution in [0.1, 0.15) is 33.9 Å². The molecular formula is C30H32N2O4. The topological polar surface area (TPSA) is 70.1 Å². The van der Waals surface area contributed by atoms with E-state index in [1.165, 1.54) is 0 Å². The molecule has 1 N–H and O–H groups in total. The summed E-state index contributed by atoms with van der Waals surface area (Å²) >= 11 is 0. The number of aryl methyl sites for hydroxylation is 2. The largest absolute Gasteiger partial charge is 0.507 e. The molecule has 1 atom stereocenters. The van der Waals surface area contributed by atoms with Gasteiger partial charge in [0.2, 0.25) is 0 Å². The molecule has 4 rings (SSSR count). The number of hydrogen-bond donors (Lipinski definition) is 1. The Hall–Kier alpha value is -3.90. The van der Waals surface area contributed by atoms with Crippen LogP contribution in [0.25, 0.3) is 5.76 Å². The molecule has 0 radical (unpaired) electrons. The number of Topliss-reactive ketones (excluding diaryl/α,β-unsaturated/α-hetero) is 1. The van der Waals surface area contributed by atoms with Gasteiger partial charge in [-0.3, -0.25) is 9.59 Å². The van der Waals surface area contributed by atoms with Gasteiger partial charge in [0.15, 0.2) is 0 Å². The number of ketones is 1. The highest BCUT2D eigenvalue weighted by molar-refractivity contribution is 6.46. The molecule has 1 aliphatic rings. The molecule has 0 aromatic heterocycles. The Morgan fingerprint density at radius 2 is 1.67 bits per heavy atom. The van der Waals surface area contributed by atoms with Crippen molar-refractivity contribution < 1.29 is 19.4 Å². The van der Waals surface area contributed by atoms with Gasteiger partial charge in [0.1, 0.15) is 18.1 Å². The predicted molar refractivity (Wildman–Crippen MR) is 141 cm³/mol. The number of carbonyl (C=O) groups excluding carboxylic acids is 2. The number of benzene rings is 3. The summed E-state index contributed by atoms with van der Waals surface area (Å²) in [5, 5.41) is 11.3. The fourth-order valence-corrected chi connectivity index (χ4v) is 4.36. The SMILES string of the molecule is Cc1ccc([C@H]2C(=C(O)c3ccc(OCc4ccccc4)c(C)c3)C(=O)C(=O)N2CCN(C)C)cc1. The van der Waals surface area contributed by atoms with Crippen molar-refractivity contribution in [3.05, 3.63) is 106 Å². The van der Waals surface area contributed by atoms with E-state index in [1.807, 2.05) is 87.4 Å². The molecule has 1 aliphatic heterocycles. The first-order valence-electron chi connectivity index (χ1n) is 12.0. The van der Waals surface area contributed by atoms with Crippen molar-refractivity contribution in [1.29, 1.82) is 0 Å². The van der Waals surface area contributed by atoms with E-state index in [2.05, 4.69) is 0 Å². The molecule has 36 heavy (non-hydrogen) atoms. The summed E-state index contributed by atoms with van der Waals surface area (Å²) < 4.78 is 5.96. The Morgan fingerprint density at radius 1 is 0.972 bits per heavy atom. The summed E-state index contributed by atoms with van der Waals surface area (Å²) in [6.45, 7) is 5.28. The summed E-state index contributed by atoms with van der Waals surface area (Å²) in [7, 11) is 3.84. The van der Waals surface area contributed by atoms with Crippen LogP contribution in [0, 0.1) is 13.8 Å². The van der Waals surface area contributed by atoms with E-state index in [9.17, 15) is 14.7 Å². The molecule has 6 nitrogen and oxygen atoms in total. The maximum Gasteiger partial charge on any atom is 0.295 e. The zero-order chi connectivity index (χ0) is 25.8. The van der Waals surface area contributed by atoms with Crippen LogP contribution in [0.15, 0.2) is 78.4 Å². The molecule has 0 unspecified atom stereocenters. The molecule has 3 aromatic carbocycles. The summed E-state index contributed by atoms with van der Waals surface area (Å²) in [4.78, 5) is 29.8. The third-order valence-corrected chi connectivity index (χ3v) is 6.41. The van der Waals surface area contributed by atoms with Crippen molar-refractivity contribution in [2.24, 2.45) is 0 Å². The molecule has 1 saturated heterocycles.